The van der Waals surface area contributed by atoms with Gasteiger partial charge in [0.05, 0.1) is 37.9 Å². The minimum absolute atomic E-state index is 0.0380. The average Bonchev–Trinajstić information content (AvgIpc) is 2.93. The van der Waals surface area contributed by atoms with Gasteiger partial charge >= 0.3 is 5.97 Å². The summed E-state index contributed by atoms with van der Waals surface area (Å²) in [4.78, 5) is 11.6. The van der Waals surface area contributed by atoms with E-state index in [1.54, 1.807) is 0 Å². The molecule has 2 saturated carbocycles. The number of aliphatic hydroxyl groups is 1. The van der Waals surface area contributed by atoms with Crippen molar-refractivity contribution in [3.05, 3.63) is 71.8 Å². The summed E-state index contributed by atoms with van der Waals surface area (Å²) in [6, 6.07) is 20.5. The number of hydrogen-bond acceptors (Lipinski definition) is 5. The van der Waals surface area contributed by atoms with Crippen molar-refractivity contribution in [3.63, 3.8) is 0 Å². The van der Waals surface area contributed by atoms with E-state index < -0.39 is 0 Å². The fourth-order valence-corrected chi connectivity index (χ4v) is 4.78. The lowest BCUT2D eigenvalue weighted by Gasteiger charge is -2.27. The molecule has 2 aliphatic carbocycles. The molecule has 0 unspecified atom stereocenters. The second-order valence-corrected chi connectivity index (χ2v) is 9.64. The van der Waals surface area contributed by atoms with Gasteiger partial charge in [0.2, 0.25) is 0 Å². The summed E-state index contributed by atoms with van der Waals surface area (Å²) in [5, 5.41) is 9.04. The maximum absolute atomic E-state index is 11.6. The van der Waals surface area contributed by atoms with Crippen LogP contribution in [0.3, 0.4) is 0 Å². The van der Waals surface area contributed by atoms with Crippen LogP contribution in [-0.4, -0.2) is 36.5 Å². The molecule has 4 rings (SSSR count). The van der Waals surface area contributed by atoms with E-state index in [9.17, 15) is 4.79 Å². The van der Waals surface area contributed by atoms with Gasteiger partial charge in [-0.15, -0.1) is 0 Å². The van der Waals surface area contributed by atoms with Crippen molar-refractivity contribution in [1.82, 2.24) is 0 Å². The van der Waals surface area contributed by atoms with E-state index in [-0.39, 0.29) is 18.0 Å². The van der Waals surface area contributed by atoms with Crippen molar-refractivity contribution in [2.45, 2.75) is 83.7 Å². The lowest BCUT2D eigenvalue weighted by Crippen LogP contribution is -2.27. The normalized spacial score (nSPS) is 24.2. The largest absolute Gasteiger partial charge is 0.466 e. The Hall–Kier alpha value is -2.21. The Kier molecular flexibility index (Phi) is 12.3. The zero-order valence-electron chi connectivity index (χ0n) is 21.1. The molecule has 192 valence electrons. The van der Waals surface area contributed by atoms with E-state index in [2.05, 4.69) is 24.3 Å². The van der Waals surface area contributed by atoms with Crippen molar-refractivity contribution < 1.29 is 24.1 Å². The lowest BCUT2D eigenvalue weighted by molar-refractivity contribution is -0.150. The van der Waals surface area contributed by atoms with Crippen LogP contribution in [0, 0.1) is 11.8 Å². The molecule has 2 aromatic rings. The molecule has 2 fully saturated rings. The highest BCUT2D eigenvalue weighted by Gasteiger charge is 2.27. The highest BCUT2D eigenvalue weighted by atomic mass is 16.5. The molecule has 0 bridgehead atoms. The number of esters is 1. The van der Waals surface area contributed by atoms with Crippen LogP contribution in [0.4, 0.5) is 0 Å². The third-order valence-electron chi connectivity index (χ3n) is 7.00. The Bertz CT molecular complexity index is 809. The molecule has 0 heterocycles. The molecule has 2 aliphatic rings. The van der Waals surface area contributed by atoms with Gasteiger partial charge in [-0.2, -0.15) is 0 Å². The number of ether oxygens (including phenoxy) is 3. The van der Waals surface area contributed by atoms with Crippen LogP contribution in [0.15, 0.2) is 60.7 Å². The molecule has 1 N–H and O–H groups in total. The Labute approximate surface area is 210 Å². The first-order chi connectivity index (χ1) is 17.2. The molecule has 5 heteroatoms. The minimum Gasteiger partial charge on any atom is -0.466 e. The second kappa shape index (κ2) is 15.7. The maximum atomic E-state index is 11.6. The van der Waals surface area contributed by atoms with Gasteiger partial charge in [0.25, 0.3) is 0 Å². The molecular weight excluding hydrogens is 440 g/mol. The molecular formula is C30H42O5. The Balaban J connectivity index is 0.000000198. The van der Waals surface area contributed by atoms with Gasteiger partial charge in [0.1, 0.15) is 0 Å². The van der Waals surface area contributed by atoms with Crippen molar-refractivity contribution >= 4 is 5.97 Å². The number of benzene rings is 2. The summed E-state index contributed by atoms with van der Waals surface area (Å²) in [6.07, 6.45) is 8.76. The molecule has 0 amide bonds. The summed E-state index contributed by atoms with van der Waals surface area (Å²) >= 11 is 0. The average molecular weight is 483 g/mol. The summed E-state index contributed by atoms with van der Waals surface area (Å²) in [5.74, 6) is 0.553. The zero-order valence-corrected chi connectivity index (χ0v) is 21.1. The molecule has 0 aromatic heterocycles. The van der Waals surface area contributed by atoms with E-state index in [1.165, 1.54) is 11.1 Å². The van der Waals surface area contributed by atoms with Gasteiger partial charge in [-0.1, -0.05) is 60.7 Å². The van der Waals surface area contributed by atoms with Gasteiger partial charge in [-0.05, 0) is 75.3 Å². The van der Waals surface area contributed by atoms with Gasteiger partial charge in [0.15, 0.2) is 0 Å². The topological polar surface area (TPSA) is 65.0 Å². The number of aliphatic hydroxyl groups excluding tert-OH is 1. The smallest absolute Gasteiger partial charge is 0.308 e. The SMILES string of the molecule is CCOC(=O)C1CCC(OCc2ccccc2)CC1.OCC1CCC(OCc2ccccc2)CC1. The molecule has 0 atom stereocenters. The van der Waals surface area contributed by atoms with Gasteiger partial charge in [-0.3, -0.25) is 4.79 Å². The van der Waals surface area contributed by atoms with Crippen LogP contribution in [0.2, 0.25) is 0 Å². The molecule has 0 radical (unpaired) electrons. The van der Waals surface area contributed by atoms with Crippen LogP contribution in [0.5, 0.6) is 0 Å². The highest BCUT2D eigenvalue weighted by Crippen LogP contribution is 2.28. The number of rotatable bonds is 9. The Morgan fingerprint density at radius 1 is 0.743 bits per heavy atom. The number of carbonyl (C=O) groups excluding carboxylic acids is 1. The van der Waals surface area contributed by atoms with E-state index in [0.29, 0.717) is 31.8 Å². The predicted molar refractivity (Wildman–Crippen MR) is 138 cm³/mol. The second-order valence-electron chi connectivity index (χ2n) is 9.64. The summed E-state index contributed by atoms with van der Waals surface area (Å²) in [7, 11) is 0. The van der Waals surface area contributed by atoms with E-state index in [0.717, 1.165) is 58.0 Å². The van der Waals surface area contributed by atoms with Crippen LogP contribution in [-0.2, 0) is 32.2 Å². The molecule has 5 nitrogen and oxygen atoms in total. The van der Waals surface area contributed by atoms with E-state index in [1.807, 2.05) is 43.3 Å². The van der Waals surface area contributed by atoms with Crippen molar-refractivity contribution in [3.8, 4) is 0 Å². The number of carbonyl (C=O) groups is 1. The summed E-state index contributed by atoms with van der Waals surface area (Å²) in [6.45, 7) is 4.05. The molecule has 0 aliphatic heterocycles. The molecule has 0 saturated heterocycles. The first-order valence-corrected chi connectivity index (χ1v) is 13.3. The highest BCUT2D eigenvalue weighted by molar-refractivity contribution is 5.72. The Morgan fingerprint density at radius 2 is 1.20 bits per heavy atom. The first-order valence-electron chi connectivity index (χ1n) is 13.3. The molecule has 35 heavy (non-hydrogen) atoms. The lowest BCUT2D eigenvalue weighted by atomic mass is 9.87. The molecule has 2 aromatic carbocycles. The molecule has 0 spiro atoms. The fourth-order valence-electron chi connectivity index (χ4n) is 4.78. The predicted octanol–water partition coefficient (Wildman–Crippen LogP) is 6.08. The monoisotopic (exact) mass is 482 g/mol. The quantitative estimate of drug-likeness (QED) is 0.439. The van der Waals surface area contributed by atoms with Crippen LogP contribution >= 0.6 is 0 Å². The van der Waals surface area contributed by atoms with Crippen LogP contribution < -0.4 is 0 Å². The van der Waals surface area contributed by atoms with Crippen molar-refractivity contribution in [1.29, 1.82) is 0 Å². The zero-order chi connectivity index (χ0) is 24.7. The fraction of sp³-hybridized carbons (Fsp3) is 0.567. The summed E-state index contributed by atoms with van der Waals surface area (Å²) in [5.41, 5.74) is 2.45. The van der Waals surface area contributed by atoms with E-state index in [4.69, 9.17) is 19.3 Å². The standard InChI is InChI=1S/C16H22O3.C14H20O2/c1-2-18-16(17)14-8-10-15(11-9-14)19-12-13-6-4-3-5-7-13;15-10-12-6-8-14(9-7-12)16-11-13-4-2-1-3-5-13/h3-7,14-15H,2,8-12H2,1H3;1-5,12,14-15H,6-11H2. The summed E-state index contributed by atoms with van der Waals surface area (Å²) < 4.78 is 16.9. The third-order valence-corrected chi connectivity index (χ3v) is 7.00. The van der Waals surface area contributed by atoms with Gasteiger partial charge in [-0.25, -0.2) is 0 Å². The van der Waals surface area contributed by atoms with Gasteiger partial charge < -0.3 is 19.3 Å². The van der Waals surface area contributed by atoms with E-state index >= 15 is 0 Å². The minimum atomic E-state index is -0.0380. The van der Waals surface area contributed by atoms with Crippen molar-refractivity contribution in [2.24, 2.45) is 11.8 Å². The van der Waals surface area contributed by atoms with Gasteiger partial charge in [0, 0.05) is 6.61 Å². The Morgan fingerprint density at radius 3 is 1.63 bits per heavy atom. The van der Waals surface area contributed by atoms with Crippen molar-refractivity contribution in [2.75, 3.05) is 13.2 Å². The maximum Gasteiger partial charge on any atom is 0.308 e. The van der Waals surface area contributed by atoms with Crippen LogP contribution in [0.1, 0.15) is 69.4 Å². The first kappa shape index (κ1) is 27.4. The third kappa shape index (κ3) is 10.1. The number of hydrogen-bond donors (Lipinski definition) is 1. The van der Waals surface area contributed by atoms with Crippen LogP contribution in [0.25, 0.3) is 0 Å².